The average molecular weight is 467 g/mol. The van der Waals surface area contributed by atoms with Crippen LogP contribution in [0.1, 0.15) is 23.2 Å². The predicted octanol–water partition coefficient (Wildman–Crippen LogP) is 4.04. The lowest BCUT2D eigenvalue weighted by molar-refractivity contribution is -0.140. The predicted molar refractivity (Wildman–Crippen MR) is 134 cm³/mol. The molecule has 2 heterocycles. The first-order valence-corrected chi connectivity index (χ1v) is 12.0. The van der Waals surface area contributed by atoms with Crippen LogP contribution in [0.25, 0.3) is 10.9 Å². The number of carbonyl (C=O) groups excluding carboxylic acids is 3. The first kappa shape index (κ1) is 21.5. The molecule has 3 amide bonds. The summed E-state index contributed by atoms with van der Waals surface area (Å²) in [5.41, 5.74) is 4.40. The number of para-hydroxylation sites is 1. The molecule has 7 heteroatoms. The molecule has 2 bridgehead atoms. The van der Waals surface area contributed by atoms with Crippen LogP contribution in [-0.2, 0) is 20.9 Å². The van der Waals surface area contributed by atoms with Gasteiger partial charge in [-0.15, -0.1) is 0 Å². The van der Waals surface area contributed by atoms with Crippen LogP contribution in [0.4, 0.5) is 5.69 Å². The zero-order chi connectivity index (χ0) is 24.3. The Morgan fingerprint density at radius 2 is 1.66 bits per heavy atom. The van der Waals surface area contributed by atoms with Crippen LogP contribution in [0.2, 0.25) is 0 Å². The number of amides is 3. The Hall–Kier alpha value is -4.00. The standard InChI is InChI=1S/C28H26N4O3/c1-16-7-11-20(12-8-16)30-24(33)15-31-17(2)22(21-5-3-4-6-23(21)31)14-29-32-27(34)25-18-9-10-19(13-18)26(25)28(32)35/h3-12,14,18-19,25-26H,13,15H2,1-2H3,(H,30,33)/t18-,19-,25-,26+/m0/s1. The van der Waals surface area contributed by atoms with Gasteiger partial charge in [-0.2, -0.15) is 10.1 Å². The van der Waals surface area contributed by atoms with Gasteiger partial charge in [-0.25, -0.2) is 0 Å². The topological polar surface area (TPSA) is 83.8 Å². The van der Waals surface area contributed by atoms with Crippen molar-refractivity contribution in [2.75, 3.05) is 5.32 Å². The monoisotopic (exact) mass is 466 g/mol. The molecule has 6 rings (SSSR count). The maximum absolute atomic E-state index is 13.0. The maximum atomic E-state index is 13.0. The van der Waals surface area contributed by atoms with Gasteiger partial charge in [0.05, 0.1) is 18.1 Å². The van der Waals surface area contributed by atoms with Crippen molar-refractivity contribution >= 4 is 40.5 Å². The van der Waals surface area contributed by atoms with E-state index < -0.39 is 0 Å². The second-order valence-corrected chi connectivity index (χ2v) is 9.75. The van der Waals surface area contributed by atoms with Crippen LogP contribution >= 0.6 is 0 Å². The molecular formula is C28H26N4O3. The van der Waals surface area contributed by atoms with Crippen LogP contribution in [0.15, 0.2) is 65.8 Å². The fourth-order valence-corrected chi connectivity index (χ4v) is 5.92. The first-order valence-electron chi connectivity index (χ1n) is 12.0. The van der Waals surface area contributed by atoms with Crippen LogP contribution < -0.4 is 5.32 Å². The first-order chi connectivity index (χ1) is 16.9. The molecule has 0 radical (unpaired) electrons. The summed E-state index contributed by atoms with van der Waals surface area (Å²) < 4.78 is 1.94. The van der Waals surface area contributed by atoms with Gasteiger partial charge >= 0.3 is 0 Å². The number of benzene rings is 2. The number of anilines is 1. The van der Waals surface area contributed by atoms with Crippen molar-refractivity contribution in [3.8, 4) is 0 Å². The number of allylic oxidation sites excluding steroid dienone is 2. The Morgan fingerprint density at radius 1 is 1.00 bits per heavy atom. The molecule has 1 N–H and O–H groups in total. The fraction of sp³-hybridized carbons (Fsp3) is 0.286. The van der Waals surface area contributed by atoms with Crippen LogP contribution in [-0.4, -0.2) is 33.5 Å². The van der Waals surface area contributed by atoms with E-state index in [4.69, 9.17) is 0 Å². The maximum Gasteiger partial charge on any atom is 0.254 e. The highest BCUT2D eigenvalue weighted by Crippen LogP contribution is 2.52. The van der Waals surface area contributed by atoms with Gasteiger partial charge in [-0.05, 0) is 50.3 Å². The summed E-state index contributed by atoms with van der Waals surface area (Å²) in [4.78, 5) is 38.8. The molecule has 1 aromatic heterocycles. The molecule has 176 valence electrons. The van der Waals surface area contributed by atoms with E-state index in [1.165, 1.54) is 0 Å². The Bertz CT molecular complexity index is 1400. The van der Waals surface area contributed by atoms with E-state index in [0.29, 0.717) is 0 Å². The van der Waals surface area contributed by atoms with E-state index in [9.17, 15) is 14.4 Å². The number of hydrogen-bond acceptors (Lipinski definition) is 4. The Balaban J connectivity index is 1.28. The molecule has 2 fully saturated rings. The minimum atomic E-state index is -0.275. The van der Waals surface area contributed by atoms with E-state index >= 15 is 0 Å². The second-order valence-electron chi connectivity index (χ2n) is 9.75. The SMILES string of the molecule is Cc1ccc(NC(=O)Cn2c(C)c(C=NN3C(=O)[C@@H]4[C@H](C3=O)[C@H]3C=C[C@H]4C3)c3ccccc32)cc1. The highest BCUT2D eigenvalue weighted by molar-refractivity contribution is 6.08. The normalized spacial score (nSPS) is 24.8. The number of hydrazone groups is 1. The fourth-order valence-electron chi connectivity index (χ4n) is 5.92. The minimum absolute atomic E-state index is 0.134. The molecule has 0 unspecified atom stereocenters. The van der Waals surface area contributed by atoms with E-state index in [2.05, 4.69) is 22.6 Å². The van der Waals surface area contributed by atoms with Gasteiger partial charge in [0, 0.05) is 27.8 Å². The van der Waals surface area contributed by atoms with Crippen molar-refractivity contribution in [1.82, 2.24) is 9.58 Å². The Kier molecular flexibility index (Phi) is 4.95. The van der Waals surface area contributed by atoms with Crippen molar-refractivity contribution in [2.45, 2.75) is 26.8 Å². The number of aromatic nitrogens is 1. The van der Waals surface area contributed by atoms with Gasteiger partial charge in [0.2, 0.25) is 5.91 Å². The van der Waals surface area contributed by atoms with Crippen molar-refractivity contribution in [1.29, 1.82) is 0 Å². The summed E-state index contributed by atoms with van der Waals surface area (Å²) in [7, 11) is 0. The summed E-state index contributed by atoms with van der Waals surface area (Å²) >= 11 is 0. The summed E-state index contributed by atoms with van der Waals surface area (Å²) in [6.45, 7) is 4.06. The Labute approximate surface area is 203 Å². The molecule has 0 spiro atoms. The molecule has 4 atom stereocenters. The lowest BCUT2D eigenvalue weighted by atomic mass is 9.85. The van der Waals surface area contributed by atoms with Gasteiger partial charge in [-0.3, -0.25) is 14.4 Å². The number of imide groups is 1. The number of fused-ring (bicyclic) bond motifs is 6. The van der Waals surface area contributed by atoms with Gasteiger partial charge in [0.1, 0.15) is 6.54 Å². The largest absolute Gasteiger partial charge is 0.335 e. The van der Waals surface area contributed by atoms with Crippen molar-refractivity contribution in [3.05, 3.63) is 77.5 Å². The van der Waals surface area contributed by atoms with Crippen LogP contribution in [0.3, 0.4) is 0 Å². The zero-order valence-electron chi connectivity index (χ0n) is 19.6. The molecule has 1 saturated heterocycles. The Morgan fingerprint density at radius 3 is 2.34 bits per heavy atom. The molecule has 3 aromatic rings. The number of carbonyl (C=O) groups is 3. The summed E-state index contributed by atoms with van der Waals surface area (Å²) in [5, 5.41) is 9.31. The number of nitrogens with zero attached hydrogens (tertiary/aromatic N) is 3. The highest BCUT2D eigenvalue weighted by atomic mass is 16.2. The average Bonchev–Trinajstić information content (AvgIpc) is 3.59. The number of aryl methyl sites for hydroxylation is 1. The second kappa shape index (κ2) is 8.05. The molecule has 2 aromatic carbocycles. The lowest BCUT2D eigenvalue weighted by Gasteiger charge is -2.13. The molecule has 1 saturated carbocycles. The van der Waals surface area contributed by atoms with E-state index in [0.717, 1.165) is 44.8 Å². The van der Waals surface area contributed by atoms with Gasteiger partial charge in [0.25, 0.3) is 11.8 Å². The van der Waals surface area contributed by atoms with Crippen molar-refractivity contribution in [2.24, 2.45) is 28.8 Å². The smallest absolute Gasteiger partial charge is 0.254 e. The molecular weight excluding hydrogens is 440 g/mol. The summed E-state index contributed by atoms with van der Waals surface area (Å²) in [6.07, 6.45) is 6.63. The molecule has 7 nitrogen and oxygen atoms in total. The number of hydrogen-bond donors (Lipinski definition) is 1. The molecule has 1 aliphatic heterocycles. The molecule has 35 heavy (non-hydrogen) atoms. The summed E-state index contributed by atoms with van der Waals surface area (Å²) in [6, 6.07) is 15.4. The summed E-state index contributed by atoms with van der Waals surface area (Å²) in [5.74, 6) is -0.791. The van der Waals surface area contributed by atoms with E-state index in [1.807, 2.05) is 66.9 Å². The third-order valence-electron chi connectivity index (χ3n) is 7.67. The number of rotatable bonds is 5. The molecule has 2 aliphatic carbocycles. The third-order valence-corrected chi connectivity index (χ3v) is 7.67. The minimum Gasteiger partial charge on any atom is -0.335 e. The highest BCUT2D eigenvalue weighted by Gasteiger charge is 2.59. The van der Waals surface area contributed by atoms with Gasteiger partial charge in [0.15, 0.2) is 0 Å². The lowest BCUT2D eigenvalue weighted by Crippen LogP contribution is -2.28. The quantitative estimate of drug-likeness (QED) is 0.350. The van der Waals surface area contributed by atoms with Crippen LogP contribution in [0, 0.1) is 37.5 Å². The van der Waals surface area contributed by atoms with Crippen molar-refractivity contribution in [3.63, 3.8) is 0 Å². The van der Waals surface area contributed by atoms with E-state index in [1.54, 1.807) is 6.21 Å². The van der Waals surface area contributed by atoms with Gasteiger partial charge in [-0.1, -0.05) is 48.0 Å². The van der Waals surface area contributed by atoms with Crippen molar-refractivity contribution < 1.29 is 14.4 Å². The zero-order valence-corrected chi connectivity index (χ0v) is 19.6. The van der Waals surface area contributed by atoms with Crippen LogP contribution in [0.5, 0.6) is 0 Å². The van der Waals surface area contributed by atoms with E-state index in [-0.39, 0.29) is 47.9 Å². The molecule has 3 aliphatic rings. The number of nitrogens with one attached hydrogen (secondary N) is 1. The van der Waals surface area contributed by atoms with Gasteiger partial charge < -0.3 is 9.88 Å². The third kappa shape index (κ3) is 3.41.